The lowest BCUT2D eigenvalue weighted by Crippen LogP contribution is -2.27. The molecule has 0 fully saturated rings. The van der Waals surface area contributed by atoms with E-state index in [9.17, 15) is 4.79 Å². The molecule has 0 saturated heterocycles. The van der Waals surface area contributed by atoms with Gasteiger partial charge in [0.25, 0.3) is 5.91 Å². The number of pyridine rings is 2. The fourth-order valence-electron chi connectivity index (χ4n) is 2.36. The van der Waals surface area contributed by atoms with Crippen LogP contribution in [0.25, 0.3) is 0 Å². The SMILES string of the molecule is COCCCNC(=O)c1cnc(Nc2ncc(C#N)cc2Cl)cc1NC(C)C. The van der Waals surface area contributed by atoms with Crippen LogP contribution in [0.5, 0.6) is 0 Å². The topological polar surface area (TPSA) is 112 Å². The molecule has 2 aromatic heterocycles. The van der Waals surface area contributed by atoms with Crippen molar-refractivity contribution >= 4 is 34.8 Å². The molecule has 0 aliphatic carbocycles. The molecule has 2 rings (SSSR count). The Hall–Kier alpha value is -2.89. The molecule has 3 N–H and O–H groups in total. The van der Waals surface area contributed by atoms with E-state index in [-0.39, 0.29) is 11.9 Å². The molecular formula is C19H23ClN6O2. The Balaban J connectivity index is 2.21. The second kappa shape index (κ2) is 10.4. The lowest BCUT2D eigenvalue weighted by Gasteiger charge is -2.16. The lowest BCUT2D eigenvalue weighted by atomic mass is 10.2. The van der Waals surface area contributed by atoms with Crippen molar-refractivity contribution in [2.45, 2.75) is 26.3 Å². The minimum Gasteiger partial charge on any atom is -0.385 e. The van der Waals surface area contributed by atoms with Crippen LogP contribution in [0.3, 0.4) is 0 Å². The van der Waals surface area contributed by atoms with E-state index in [0.29, 0.717) is 46.6 Å². The Labute approximate surface area is 169 Å². The molecule has 0 bridgehead atoms. The van der Waals surface area contributed by atoms with Crippen LogP contribution >= 0.6 is 11.6 Å². The Morgan fingerprint density at radius 2 is 2.11 bits per heavy atom. The number of carbonyl (C=O) groups is 1. The number of nitrogens with one attached hydrogen (secondary N) is 3. The van der Waals surface area contributed by atoms with Crippen molar-refractivity contribution in [2.24, 2.45) is 0 Å². The summed E-state index contributed by atoms with van der Waals surface area (Å²) in [6, 6.07) is 5.34. The number of aromatic nitrogens is 2. The Bertz CT molecular complexity index is 866. The first-order chi connectivity index (χ1) is 13.4. The van der Waals surface area contributed by atoms with Gasteiger partial charge in [-0.15, -0.1) is 0 Å². The van der Waals surface area contributed by atoms with Crippen molar-refractivity contribution in [3.8, 4) is 6.07 Å². The molecule has 0 aliphatic heterocycles. The number of rotatable bonds is 9. The maximum absolute atomic E-state index is 12.5. The predicted molar refractivity (Wildman–Crippen MR) is 109 cm³/mol. The average molecular weight is 403 g/mol. The zero-order valence-electron chi connectivity index (χ0n) is 16.0. The van der Waals surface area contributed by atoms with Crippen LogP contribution in [0.2, 0.25) is 5.02 Å². The molecular weight excluding hydrogens is 380 g/mol. The summed E-state index contributed by atoms with van der Waals surface area (Å²) in [4.78, 5) is 20.9. The summed E-state index contributed by atoms with van der Waals surface area (Å²) >= 11 is 6.15. The molecule has 0 spiro atoms. The van der Waals surface area contributed by atoms with Crippen LogP contribution in [0.1, 0.15) is 36.2 Å². The number of carbonyl (C=O) groups excluding carboxylic acids is 1. The number of hydrogen-bond acceptors (Lipinski definition) is 7. The Kier molecular flexibility index (Phi) is 7.99. The predicted octanol–water partition coefficient (Wildman–Crippen LogP) is 3.33. The molecule has 2 heterocycles. The number of methoxy groups -OCH3 is 1. The molecule has 0 saturated carbocycles. The van der Waals surface area contributed by atoms with E-state index in [4.69, 9.17) is 21.6 Å². The molecule has 28 heavy (non-hydrogen) atoms. The summed E-state index contributed by atoms with van der Waals surface area (Å²) in [6.07, 6.45) is 3.64. The zero-order valence-corrected chi connectivity index (χ0v) is 16.8. The fourth-order valence-corrected chi connectivity index (χ4v) is 2.57. The monoisotopic (exact) mass is 402 g/mol. The second-order valence-electron chi connectivity index (χ2n) is 6.31. The molecule has 0 radical (unpaired) electrons. The summed E-state index contributed by atoms with van der Waals surface area (Å²) in [5.74, 6) is 0.631. The molecule has 148 valence electrons. The van der Waals surface area contributed by atoms with Gasteiger partial charge in [0.15, 0.2) is 0 Å². The quantitative estimate of drug-likeness (QED) is 0.551. The van der Waals surface area contributed by atoms with Crippen LogP contribution < -0.4 is 16.0 Å². The van der Waals surface area contributed by atoms with Gasteiger partial charge in [0.2, 0.25) is 0 Å². The number of hydrogen-bond donors (Lipinski definition) is 3. The van der Waals surface area contributed by atoms with Crippen LogP contribution in [-0.4, -0.2) is 42.2 Å². The molecule has 8 nitrogen and oxygen atoms in total. The van der Waals surface area contributed by atoms with E-state index >= 15 is 0 Å². The largest absolute Gasteiger partial charge is 0.385 e. The van der Waals surface area contributed by atoms with E-state index in [1.165, 1.54) is 18.5 Å². The lowest BCUT2D eigenvalue weighted by molar-refractivity contribution is 0.0949. The highest BCUT2D eigenvalue weighted by atomic mass is 35.5. The van der Waals surface area contributed by atoms with Crippen molar-refractivity contribution in [2.75, 3.05) is 30.9 Å². The third-order valence-corrected chi connectivity index (χ3v) is 3.91. The van der Waals surface area contributed by atoms with Gasteiger partial charge in [0, 0.05) is 44.8 Å². The van der Waals surface area contributed by atoms with E-state index in [2.05, 4.69) is 25.9 Å². The third-order valence-electron chi connectivity index (χ3n) is 3.62. The summed E-state index contributed by atoms with van der Waals surface area (Å²) in [6.45, 7) is 5.05. The molecule has 0 unspecified atom stereocenters. The van der Waals surface area contributed by atoms with E-state index in [1.807, 2.05) is 19.9 Å². The van der Waals surface area contributed by atoms with Crippen molar-refractivity contribution in [1.82, 2.24) is 15.3 Å². The number of anilines is 3. The van der Waals surface area contributed by atoms with E-state index in [1.54, 1.807) is 13.2 Å². The highest BCUT2D eigenvalue weighted by Gasteiger charge is 2.15. The van der Waals surface area contributed by atoms with Gasteiger partial charge in [-0.25, -0.2) is 9.97 Å². The van der Waals surface area contributed by atoms with Crippen LogP contribution in [0.4, 0.5) is 17.3 Å². The molecule has 0 atom stereocenters. The fraction of sp³-hybridized carbons (Fsp3) is 0.368. The van der Waals surface area contributed by atoms with Gasteiger partial charge in [0.1, 0.15) is 17.7 Å². The van der Waals surface area contributed by atoms with Gasteiger partial charge in [0.05, 0.1) is 21.8 Å². The van der Waals surface area contributed by atoms with E-state index in [0.717, 1.165) is 6.42 Å². The second-order valence-corrected chi connectivity index (χ2v) is 6.71. The first-order valence-corrected chi connectivity index (χ1v) is 9.18. The highest BCUT2D eigenvalue weighted by molar-refractivity contribution is 6.33. The van der Waals surface area contributed by atoms with Gasteiger partial charge in [-0.1, -0.05) is 11.6 Å². The normalized spacial score (nSPS) is 10.4. The van der Waals surface area contributed by atoms with Crippen LogP contribution in [0.15, 0.2) is 24.5 Å². The number of ether oxygens (including phenoxy) is 1. The number of nitriles is 1. The maximum Gasteiger partial charge on any atom is 0.254 e. The Morgan fingerprint density at radius 3 is 2.75 bits per heavy atom. The van der Waals surface area contributed by atoms with Gasteiger partial charge >= 0.3 is 0 Å². The van der Waals surface area contributed by atoms with Gasteiger partial charge in [-0.05, 0) is 26.3 Å². The molecule has 2 aromatic rings. The smallest absolute Gasteiger partial charge is 0.254 e. The van der Waals surface area contributed by atoms with E-state index < -0.39 is 0 Å². The van der Waals surface area contributed by atoms with Crippen molar-refractivity contribution < 1.29 is 9.53 Å². The summed E-state index contributed by atoms with van der Waals surface area (Å²) in [5, 5.41) is 18.3. The molecule has 0 aromatic carbocycles. The number of amides is 1. The summed E-state index contributed by atoms with van der Waals surface area (Å²) < 4.78 is 4.98. The minimum atomic E-state index is -0.215. The molecule has 0 aliphatic rings. The first kappa shape index (κ1) is 21.4. The maximum atomic E-state index is 12.5. The van der Waals surface area contributed by atoms with Crippen LogP contribution in [-0.2, 0) is 4.74 Å². The highest BCUT2D eigenvalue weighted by Crippen LogP contribution is 2.26. The van der Waals surface area contributed by atoms with Crippen molar-refractivity contribution in [1.29, 1.82) is 5.26 Å². The Morgan fingerprint density at radius 1 is 1.32 bits per heavy atom. The average Bonchev–Trinajstić information content (AvgIpc) is 2.66. The number of nitrogens with zero attached hydrogens (tertiary/aromatic N) is 3. The van der Waals surface area contributed by atoms with Crippen LogP contribution in [0, 0.1) is 11.3 Å². The minimum absolute atomic E-state index is 0.118. The standard InChI is InChI=1S/C19H23ClN6O2/c1-12(2)25-16-8-17(26-18-15(20)7-13(9-21)10-24-18)23-11-14(16)19(27)22-5-4-6-28-3/h7-8,10-12H,4-6H2,1-3H3,(H,22,27)(H2,23,24,25,26). The number of halogens is 1. The third kappa shape index (κ3) is 6.08. The first-order valence-electron chi connectivity index (χ1n) is 8.81. The van der Waals surface area contributed by atoms with Gasteiger partial charge in [-0.2, -0.15) is 5.26 Å². The molecule has 9 heteroatoms. The van der Waals surface area contributed by atoms with Crippen molar-refractivity contribution in [3.63, 3.8) is 0 Å². The summed E-state index contributed by atoms with van der Waals surface area (Å²) in [7, 11) is 1.62. The van der Waals surface area contributed by atoms with Gasteiger partial charge in [-0.3, -0.25) is 4.79 Å². The van der Waals surface area contributed by atoms with Gasteiger partial charge < -0.3 is 20.7 Å². The van der Waals surface area contributed by atoms with Crippen molar-refractivity contribution in [3.05, 3.63) is 40.7 Å². The summed E-state index contributed by atoms with van der Waals surface area (Å²) in [5.41, 5.74) is 1.45. The zero-order chi connectivity index (χ0) is 20.5. The molecule has 1 amide bonds.